The molecule has 2 rings (SSSR count). The van der Waals surface area contributed by atoms with Gasteiger partial charge in [0.05, 0.1) is 17.7 Å². The first kappa shape index (κ1) is 12.2. The largest absolute Gasteiger partial charge is 0.397 e. The minimum absolute atomic E-state index is 0.0175. The Morgan fingerprint density at radius 1 is 1.39 bits per heavy atom. The average Bonchev–Trinajstić information content (AvgIpc) is 2.38. The van der Waals surface area contributed by atoms with Crippen molar-refractivity contribution in [2.45, 2.75) is 0 Å². The fourth-order valence-corrected chi connectivity index (χ4v) is 1.68. The van der Waals surface area contributed by atoms with Crippen molar-refractivity contribution in [2.75, 3.05) is 31.7 Å². The third-order valence-electron chi connectivity index (χ3n) is 2.73. The van der Waals surface area contributed by atoms with E-state index in [1.165, 1.54) is 0 Å². The fourth-order valence-electron chi connectivity index (χ4n) is 1.68. The predicted molar refractivity (Wildman–Crippen MR) is 73.3 cm³/mol. The van der Waals surface area contributed by atoms with Crippen LogP contribution in [0.5, 0.6) is 0 Å². The molecule has 0 saturated carbocycles. The Labute approximate surface area is 106 Å². The van der Waals surface area contributed by atoms with Gasteiger partial charge in [-0.3, -0.25) is 9.78 Å². The number of hydrogen-bond acceptors (Lipinski definition) is 4. The second-order valence-corrected chi connectivity index (χ2v) is 4.24. The molecule has 0 bridgehead atoms. The molecule has 1 amide bonds. The summed E-state index contributed by atoms with van der Waals surface area (Å²) in [7, 11) is 3.46. The summed E-state index contributed by atoms with van der Waals surface area (Å²) in [4.78, 5) is 17.3. The van der Waals surface area contributed by atoms with E-state index in [9.17, 15) is 4.79 Å². The van der Waals surface area contributed by atoms with Crippen LogP contribution in [0, 0.1) is 0 Å². The normalized spacial score (nSPS) is 10.3. The van der Waals surface area contributed by atoms with Crippen molar-refractivity contribution in [3.05, 3.63) is 30.5 Å². The number of aromatic nitrogens is 1. The number of fused-ring (bicyclic) bond motifs is 1. The molecule has 0 saturated heterocycles. The lowest BCUT2D eigenvalue weighted by Crippen LogP contribution is -2.28. The van der Waals surface area contributed by atoms with Gasteiger partial charge < -0.3 is 16.0 Å². The number of nitrogens with zero attached hydrogens (tertiary/aromatic N) is 2. The smallest absolute Gasteiger partial charge is 0.241 e. The lowest BCUT2D eigenvalue weighted by Gasteiger charge is -2.13. The lowest BCUT2D eigenvalue weighted by molar-refractivity contribution is -0.126. The van der Waals surface area contributed by atoms with Crippen LogP contribution in [0.4, 0.5) is 11.4 Å². The third-order valence-corrected chi connectivity index (χ3v) is 2.73. The van der Waals surface area contributed by atoms with E-state index in [2.05, 4.69) is 10.3 Å². The number of pyridine rings is 1. The molecule has 0 radical (unpaired) electrons. The first-order chi connectivity index (χ1) is 8.59. The van der Waals surface area contributed by atoms with Gasteiger partial charge in [0.2, 0.25) is 5.91 Å². The summed E-state index contributed by atoms with van der Waals surface area (Å²) in [6, 6.07) is 7.43. The van der Waals surface area contributed by atoms with Gasteiger partial charge in [-0.25, -0.2) is 0 Å². The first-order valence-electron chi connectivity index (χ1n) is 5.67. The van der Waals surface area contributed by atoms with Gasteiger partial charge in [-0.15, -0.1) is 0 Å². The SMILES string of the molecule is CN(C)C(=O)CNc1ccc(N)c2ncccc12. The van der Waals surface area contributed by atoms with E-state index in [1.54, 1.807) is 31.3 Å². The number of benzene rings is 1. The van der Waals surface area contributed by atoms with Crippen molar-refractivity contribution in [3.8, 4) is 0 Å². The number of carbonyl (C=O) groups excluding carboxylic acids is 1. The van der Waals surface area contributed by atoms with E-state index in [4.69, 9.17) is 5.73 Å². The Morgan fingerprint density at radius 3 is 2.89 bits per heavy atom. The molecule has 0 aliphatic heterocycles. The summed E-state index contributed by atoms with van der Waals surface area (Å²) in [6.07, 6.45) is 1.70. The molecule has 1 aromatic carbocycles. The monoisotopic (exact) mass is 244 g/mol. The van der Waals surface area contributed by atoms with Crippen molar-refractivity contribution in [3.63, 3.8) is 0 Å². The van der Waals surface area contributed by atoms with Gasteiger partial charge in [0.1, 0.15) is 0 Å². The average molecular weight is 244 g/mol. The molecule has 0 unspecified atom stereocenters. The quantitative estimate of drug-likeness (QED) is 0.799. The molecule has 3 N–H and O–H groups in total. The number of nitrogens with one attached hydrogen (secondary N) is 1. The Bertz CT molecular complexity index is 580. The van der Waals surface area contributed by atoms with Gasteiger partial charge in [0.15, 0.2) is 0 Å². The van der Waals surface area contributed by atoms with E-state index in [0.717, 1.165) is 16.6 Å². The summed E-state index contributed by atoms with van der Waals surface area (Å²) in [5, 5.41) is 4.03. The second-order valence-electron chi connectivity index (χ2n) is 4.24. The first-order valence-corrected chi connectivity index (χ1v) is 5.67. The molecular weight excluding hydrogens is 228 g/mol. The maximum atomic E-state index is 11.5. The van der Waals surface area contributed by atoms with Gasteiger partial charge in [-0.05, 0) is 24.3 Å². The lowest BCUT2D eigenvalue weighted by atomic mass is 10.1. The van der Waals surface area contributed by atoms with Crippen LogP contribution in [0.25, 0.3) is 10.9 Å². The van der Waals surface area contributed by atoms with Crippen molar-refractivity contribution < 1.29 is 4.79 Å². The molecule has 0 spiro atoms. The Kier molecular flexibility index (Phi) is 3.32. The molecule has 5 nitrogen and oxygen atoms in total. The number of anilines is 2. The van der Waals surface area contributed by atoms with Crippen LogP contribution in [-0.2, 0) is 4.79 Å². The Morgan fingerprint density at radius 2 is 2.17 bits per heavy atom. The van der Waals surface area contributed by atoms with E-state index in [0.29, 0.717) is 5.69 Å². The topological polar surface area (TPSA) is 71.2 Å². The van der Waals surface area contributed by atoms with Gasteiger partial charge in [0.25, 0.3) is 0 Å². The second kappa shape index (κ2) is 4.91. The molecule has 5 heteroatoms. The molecule has 0 atom stereocenters. The van der Waals surface area contributed by atoms with Crippen LogP contribution >= 0.6 is 0 Å². The third kappa shape index (κ3) is 2.34. The van der Waals surface area contributed by atoms with Crippen LogP contribution in [-0.4, -0.2) is 36.4 Å². The number of amides is 1. The van der Waals surface area contributed by atoms with Crippen molar-refractivity contribution in [2.24, 2.45) is 0 Å². The highest BCUT2D eigenvalue weighted by Gasteiger charge is 2.07. The van der Waals surface area contributed by atoms with Crippen LogP contribution in [0.2, 0.25) is 0 Å². The minimum atomic E-state index is 0.0175. The summed E-state index contributed by atoms with van der Waals surface area (Å²) in [5.41, 5.74) is 8.11. The standard InChI is InChI=1S/C13H16N4O/c1-17(2)12(18)8-16-11-6-5-10(14)13-9(11)4-3-7-15-13/h3-7,16H,8,14H2,1-2H3. The molecule has 0 aliphatic carbocycles. The summed E-state index contributed by atoms with van der Waals surface area (Å²) < 4.78 is 0. The number of likely N-dealkylation sites (N-methyl/N-ethyl adjacent to an activating group) is 1. The number of rotatable bonds is 3. The van der Waals surface area contributed by atoms with Crippen LogP contribution < -0.4 is 11.1 Å². The molecule has 1 heterocycles. The van der Waals surface area contributed by atoms with Crippen LogP contribution in [0.15, 0.2) is 30.5 Å². The zero-order valence-electron chi connectivity index (χ0n) is 10.5. The number of carbonyl (C=O) groups is 1. The number of hydrogen-bond donors (Lipinski definition) is 2. The zero-order chi connectivity index (χ0) is 13.1. The summed E-state index contributed by atoms with van der Waals surface area (Å²) in [5.74, 6) is 0.0175. The maximum absolute atomic E-state index is 11.5. The van der Waals surface area contributed by atoms with Crippen molar-refractivity contribution in [1.82, 2.24) is 9.88 Å². The zero-order valence-corrected chi connectivity index (χ0v) is 10.5. The number of nitrogens with two attached hydrogens (primary N) is 1. The van der Waals surface area contributed by atoms with Crippen molar-refractivity contribution >= 4 is 28.2 Å². The Balaban J connectivity index is 2.29. The number of nitrogen functional groups attached to an aromatic ring is 1. The highest BCUT2D eigenvalue weighted by molar-refractivity contribution is 5.99. The molecule has 2 aromatic rings. The van der Waals surface area contributed by atoms with Crippen LogP contribution in [0.3, 0.4) is 0 Å². The molecule has 0 fully saturated rings. The van der Waals surface area contributed by atoms with E-state index < -0.39 is 0 Å². The molecular formula is C13H16N4O. The van der Waals surface area contributed by atoms with Gasteiger partial charge in [-0.1, -0.05) is 0 Å². The Hall–Kier alpha value is -2.30. The fraction of sp³-hybridized carbons (Fsp3) is 0.231. The predicted octanol–water partition coefficient (Wildman–Crippen LogP) is 1.32. The van der Waals surface area contributed by atoms with E-state index >= 15 is 0 Å². The van der Waals surface area contributed by atoms with Gasteiger partial charge >= 0.3 is 0 Å². The van der Waals surface area contributed by atoms with E-state index in [1.807, 2.05) is 18.2 Å². The maximum Gasteiger partial charge on any atom is 0.241 e. The summed E-state index contributed by atoms with van der Waals surface area (Å²) in [6.45, 7) is 0.251. The molecule has 1 aromatic heterocycles. The van der Waals surface area contributed by atoms with Crippen molar-refractivity contribution in [1.29, 1.82) is 0 Å². The highest BCUT2D eigenvalue weighted by atomic mass is 16.2. The minimum Gasteiger partial charge on any atom is -0.397 e. The van der Waals surface area contributed by atoms with E-state index in [-0.39, 0.29) is 12.5 Å². The highest BCUT2D eigenvalue weighted by Crippen LogP contribution is 2.26. The van der Waals surface area contributed by atoms with Crippen LogP contribution in [0.1, 0.15) is 0 Å². The van der Waals surface area contributed by atoms with Gasteiger partial charge in [0, 0.05) is 31.4 Å². The molecule has 0 aliphatic rings. The summed E-state index contributed by atoms with van der Waals surface area (Å²) >= 11 is 0. The molecule has 18 heavy (non-hydrogen) atoms. The van der Waals surface area contributed by atoms with Gasteiger partial charge in [-0.2, -0.15) is 0 Å². The molecule has 94 valence electrons.